The van der Waals surface area contributed by atoms with Gasteiger partial charge >= 0.3 is 0 Å². The van der Waals surface area contributed by atoms with Crippen molar-refractivity contribution in [2.45, 2.75) is 38.8 Å². The summed E-state index contributed by atoms with van der Waals surface area (Å²) in [6.45, 7) is 6.25. The molecular weight excluding hydrogens is 384 g/mol. The van der Waals surface area contributed by atoms with E-state index in [0.29, 0.717) is 5.16 Å². The van der Waals surface area contributed by atoms with Crippen molar-refractivity contribution in [3.05, 3.63) is 46.2 Å². The highest BCUT2D eigenvalue weighted by Crippen LogP contribution is 2.19. The summed E-state index contributed by atoms with van der Waals surface area (Å²) in [5, 5.41) is 6.20. The lowest BCUT2D eigenvalue weighted by molar-refractivity contribution is -0.116. The maximum atomic E-state index is 12.3. The fourth-order valence-electron chi connectivity index (χ4n) is 2.19. The van der Waals surface area contributed by atoms with E-state index in [0.717, 1.165) is 23.4 Å². The largest absolute Gasteiger partial charge is 0.350 e. The van der Waals surface area contributed by atoms with Crippen LogP contribution in [0.25, 0.3) is 0 Å². The number of benzene rings is 1. The van der Waals surface area contributed by atoms with Gasteiger partial charge in [-0.1, -0.05) is 36.4 Å². The number of aromatic nitrogens is 2. The molecule has 8 heteroatoms. The Bertz CT molecular complexity index is 829. The molecule has 0 unspecified atom stereocenters. The Morgan fingerprint density at radius 3 is 2.70 bits per heavy atom. The summed E-state index contributed by atoms with van der Waals surface area (Å²) < 4.78 is 0. The maximum Gasteiger partial charge on any atom is 0.271 e. The van der Waals surface area contributed by atoms with Crippen molar-refractivity contribution in [3.63, 3.8) is 0 Å². The Balaban J connectivity index is 1.86. The molecule has 27 heavy (non-hydrogen) atoms. The predicted molar refractivity (Wildman–Crippen MR) is 110 cm³/mol. The summed E-state index contributed by atoms with van der Waals surface area (Å²) in [6.07, 6.45) is 2.56. The SMILES string of the molecule is CCCSc1ncc(Cl)c(C(=O)NCCC(=O)Nc2ccc(C)c(C)c2)n1. The van der Waals surface area contributed by atoms with Crippen molar-refractivity contribution in [1.29, 1.82) is 0 Å². The summed E-state index contributed by atoms with van der Waals surface area (Å²) in [7, 11) is 0. The molecule has 6 nitrogen and oxygen atoms in total. The van der Waals surface area contributed by atoms with E-state index in [-0.39, 0.29) is 29.6 Å². The molecule has 0 bridgehead atoms. The standard InChI is InChI=1S/C19H23ClN4O2S/c1-4-9-27-19-22-11-15(20)17(24-19)18(26)21-8-7-16(25)23-14-6-5-12(2)13(3)10-14/h5-6,10-11H,4,7-9H2,1-3H3,(H,21,26)(H,23,25). The maximum absolute atomic E-state index is 12.3. The van der Waals surface area contributed by atoms with Gasteiger partial charge in [0, 0.05) is 24.4 Å². The zero-order chi connectivity index (χ0) is 19.8. The molecule has 0 radical (unpaired) electrons. The van der Waals surface area contributed by atoms with Crippen LogP contribution >= 0.6 is 23.4 Å². The van der Waals surface area contributed by atoms with E-state index < -0.39 is 5.91 Å². The van der Waals surface area contributed by atoms with Crippen LogP contribution < -0.4 is 10.6 Å². The molecule has 0 atom stereocenters. The molecule has 0 aliphatic carbocycles. The lowest BCUT2D eigenvalue weighted by Crippen LogP contribution is -2.28. The van der Waals surface area contributed by atoms with E-state index in [1.165, 1.54) is 23.5 Å². The first-order valence-electron chi connectivity index (χ1n) is 8.71. The van der Waals surface area contributed by atoms with Crippen molar-refractivity contribution in [1.82, 2.24) is 15.3 Å². The van der Waals surface area contributed by atoms with E-state index in [9.17, 15) is 9.59 Å². The van der Waals surface area contributed by atoms with Crippen LogP contribution in [0.15, 0.2) is 29.6 Å². The lowest BCUT2D eigenvalue weighted by atomic mass is 10.1. The Morgan fingerprint density at radius 2 is 2.00 bits per heavy atom. The minimum Gasteiger partial charge on any atom is -0.350 e. The number of hydrogen-bond donors (Lipinski definition) is 2. The Labute approximate surface area is 168 Å². The highest BCUT2D eigenvalue weighted by atomic mass is 35.5. The zero-order valence-corrected chi connectivity index (χ0v) is 17.2. The number of nitrogens with zero attached hydrogens (tertiary/aromatic N) is 2. The fraction of sp³-hybridized carbons (Fsp3) is 0.368. The van der Waals surface area contributed by atoms with Crippen LogP contribution in [0.3, 0.4) is 0 Å². The van der Waals surface area contributed by atoms with Gasteiger partial charge in [-0.3, -0.25) is 9.59 Å². The Morgan fingerprint density at radius 1 is 1.22 bits per heavy atom. The van der Waals surface area contributed by atoms with Gasteiger partial charge in [-0.05, 0) is 43.5 Å². The van der Waals surface area contributed by atoms with Gasteiger partial charge in [0.25, 0.3) is 5.91 Å². The molecule has 2 rings (SSSR count). The van der Waals surface area contributed by atoms with E-state index in [1.54, 1.807) is 0 Å². The van der Waals surface area contributed by atoms with Gasteiger partial charge < -0.3 is 10.6 Å². The summed E-state index contributed by atoms with van der Waals surface area (Å²) in [5.41, 5.74) is 3.14. The van der Waals surface area contributed by atoms with Crippen LogP contribution in [0.5, 0.6) is 0 Å². The van der Waals surface area contributed by atoms with Gasteiger partial charge in [-0.15, -0.1) is 0 Å². The molecular formula is C19H23ClN4O2S. The molecule has 1 aromatic carbocycles. The van der Waals surface area contributed by atoms with Crippen LogP contribution in [0, 0.1) is 13.8 Å². The molecule has 0 saturated carbocycles. The molecule has 144 valence electrons. The van der Waals surface area contributed by atoms with E-state index in [2.05, 4.69) is 27.5 Å². The fourth-order valence-corrected chi connectivity index (χ4v) is 3.04. The third kappa shape index (κ3) is 6.52. The summed E-state index contributed by atoms with van der Waals surface area (Å²) >= 11 is 7.49. The number of carbonyl (C=O) groups excluding carboxylic acids is 2. The molecule has 0 aliphatic rings. The first kappa shape index (κ1) is 21.2. The molecule has 0 aliphatic heterocycles. The van der Waals surface area contributed by atoms with Crippen LogP contribution in [0.1, 0.15) is 41.4 Å². The quantitative estimate of drug-likeness (QED) is 0.511. The van der Waals surface area contributed by atoms with E-state index >= 15 is 0 Å². The van der Waals surface area contributed by atoms with Crippen LogP contribution in [-0.2, 0) is 4.79 Å². The topological polar surface area (TPSA) is 84.0 Å². The molecule has 0 saturated heterocycles. The number of halogens is 1. The van der Waals surface area contributed by atoms with Crippen molar-refractivity contribution in [2.75, 3.05) is 17.6 Å². The van der Waals surface area contributed by atoms with Gasteiger partial charge in [-0.25, -0.2) is 9.97 Å². The monoisotopic (exact) mass is 406 g/mol. The molecule has 2 aromatic rings. The number of thioether (sulfide) groups is 1. The number of aryl methyl sites for hydroxylation is 2. The second kappa shape index (κ2) is 10.3. The van der Waals surface area contributed by atoms with Crippen molar-refractivity contribution >= 4 is 40.9 Å². The van der Waals surface area contributed by atoms with Crippen LogP contribution in [0.2, 0.25) is 5.02 Å². The highest BCUT2D eigenvalue weighted by Gasteiger charge is 2.14. The number of carbonyl (C=O) groups is 2. The normalized spacial score (nSPS) is 10.5. The molecule has 2 amide bonds. The third-order valence-corrected chi connectivity index (χ3v) is 5.14. The highest BCUT2D eigenvalue weighted by molar-refractivity contribution is 7.99. The Hall–Kier alpha value is -2.12. The average Bonchev–Trinajstić information content (AvgIpc) is 2.64. The summed E-state index contributed by atoms with van der Waals surface area (Å²) in [5.74, 6) is 0.271. The van der Waals surface area contributed by atoms with Gasteiger partial charge in [0.2, 0.25) is 5.91 Å². The van der Waals surface area contributed by atoms with E-state index in [4.69, 9.17) is 11.6 Å². The van der Waals surface area contributed by atoms with Gasteiger partial charge in [-0.2, -0.15) is 0 Å². The van der Waals surface area contributed by atoms with Crippen LogP contribution in [0.4, 0.5) is 5.69 Å². The number of rotatable bonds is 8. The molecule has 2 N–H and O–H groups in total. The Kier molecular flexibility index (Phi) is 8.06. The first-order chi connectivity index (χ1) is 12.9. The van der Waals surface area contributed by atoms with Gasteiger partial charge in [0.05, 0.1) is 11.2 Å². The van der Waals surface area contributed by atoms with E-state index in [1.807, 2.05) is 32.0 Å². The molecule has 0 spiro atoms. The number of anilines is 1. The smallest absolute Gasteiger partial charge is 0.271 e. The van der Waals surface area contributed by atoms with Crippen LogP contribution in [-0.4, -0.2) is 34.1 Å². The van der Waals surface area contributed by atoms with Crippen molar-refractivity contribution in [3.8, 4) is 0 Å². The first-order valence-corrected chi connectivity index (χ1v) is 10.1. The summed E-state index contributed by atoms with van der Waals surface area (Å²) in [4.78, 5) is 32.6. The second-order valence-corrected chi connectivity index (χ2v) is 7.52. The minimum atomic E-state index is -0.417. The van der Waals surface area contributed by atoms with Gasteiger partial charge in [0.15, 0.2) is 10.9 Å². The zero-order valence-electron chi connectivity index (χ0n) is 15.6. The third-order valence-electron chi connectivity index (χ3n) is 3.80. The average molecular weight is 407 g/mol. The lowest BCUT2D eigenvalue weighted by Gasteiger charge is -2.09. The van der Waals surface area contributed by atoms with Gasteiger partial charge in [0.1, 0.15) is 0 Å². The summed E-state index contributed by atoms with van der Waals surface area (Å²) in [6, 6.07) is 5.73. The molecule has 1 aromatic heterocycles. The molecule has 1 heterocycles. The minimum absolute atomic E-state index is 0.125. The number of hydrogen-bond acceptors (Lipinski definition) is 5. The van der Waals surface area contributed by atoms with Crippen molar-refractivity contribution < 1.29 is 9.59 Å². The molecule has 0 fully saturated rings. The van der Waals surface area contributed by atoms with Crippen molar-refractivity contribution in [2.24, 2.45) is 0 Å². The number of nitrogens with one attached hydrogen (secondary N) is 2. The predicted octanol–water partition coefficient (Wildman–Crippen LogP) is 4.01. The number of amides is 2. The second-order valence-electron chi connectivity index (χ2n) is 6.05.